The summed E-state index contributed by atoms with van der Waals surface area (Å²) in [7, 11) is 0. The molecule has 1 aromatic carbocycles. The van der Waals surface area contributed by atoms with Crippen molar-refractivity contribution in [2.75, 3.05) is 0 Å². The van der Waals surface area contributed by atoms with Gasteiger partial charge in [0.2, 0.25) is 0 Å². The predicted octanol–water partition coefficient (Wildman–Crippen LogP) is 3.94. The molecule has 1 atom stereocenters. The molecule has 0 saturated heterocycles. The normalized spacial score (nSPS) is 14.6. The molecule has 0 spiro atoms. The number of carbonyl (C=O) groups is 1. The van der Waals surface area contributed by atoms with Gasteiger partial charge in [0.25, 0.3) is 0 Å². The number of hydrogen-bond donors (Lipinski definition) is 0. The zero-order valence-electron chi connectivity index (χ0n) is 14.5. The molecule has 3 aromatic rings. The lowest BCUT2D eigenvalue weighted by Gasteiger charge is -2.12. The lowest BCUT2D eigenvalue weighted by Crippen LogP contribution is -2.14. The van der Waals surface area contributed by atoms with Crippen molar-refractivity contribution in [3.05, 3.63) is 77.4 Å². The number of aryl methyl sites for hydroxylation is 1. The molecule has 4 rings (SSSR count). The molecule has 0 aliphatic heterocycles. The van der Waals surface area contributed by atoms with Crippen LogP contribution in [-0.2, 0) is 0 Å². The molecule has 1 fully saturated rings. The van der Waals surface area contributed by atoms with Crippen LogP contribution in [0.4, 0.5) is 0 Å². The highest BCUT2D eigenvalue weighted by Gasteiger charge is 2.35. The van der Waals surface area contributed by atoms with Crippen LogP contribution < -0.4 is 0 Å². The van der Waals surface area contributed by atoms with Crippen LogP contribution in [0.5, 0.6) is 0 Å². The Bertz CT molecular complexity index is 996. The average molecular weight is 342 g/mol. The Morgan fingerprint density at radius 3 is 2.65 bits per heavy atom. The van der Waals surface area contributed by atoms with E-state index in [1.165, 1.54) is 0 Å². The fourth-order valence-electron chi connectivity index (χ4n) is 3.25. The number of Topliss-reactive ketones (excluding diaryl/α,β-unsaturated/α-hetero) is 1. The molecule has 26 heavy (non-hydrogen) atoms. The molecule has 1 aliphatic carbocycles. The quantitative estimate of drug-likeness (QED) is 0.658. The van der Waals surface area contributed by atoms with E-state index in [9.17, 15) is 10.1 Å². The van der Waals surface area contributed by atoms with Gasteiger partial charge in [-0.15, -0.1) is 0 Å². The summed E-state index contributed by atoms with van der Waals surface area (Å²) in [6.45, 7) is 2.03. The fourth-order valence-corrected chi connectivity index (χ4v) is 3.25. The topological polar surface area (TPSA) is 71.6 Å². The van der Waals surface area contributed by atoms with E-state index in [1.54, 1.807) is 30.6 Å². The molecule has 0 N–H and O–H groups in total. The van der Waals surface area contributed by atoms with Gasteiger partial charge >= 0.3 is 0 Å². The maximum Gasteiger partial charge on any atom is 0.189 e. The van der Waals surface area contributed by atoms with E-state index in [2.05, 4.69) is 16.2 Å². The predicted molar refractivity (Wildman–Crippen MR) is 97.2 cm³/mol. The van der Waals surface area contributed by atoms with Crippen molar-refractivity contribution in [1.29, 1.82) is 5.26 Å². The van der Waals surface area contributed by atoms with E-state index < -0.39 is 5.92 Å². The minimum atomic E-state index is -0.914. The van der Waals surface area contributed by atoms with Gasteiger partial charge in [-0.25, -0.2) is 4.68 Å². The summed E-state index contributed by atoms with van der Waals surface area (Å²) in [5, 5.41) is 14.1. The van der Waals surface area contributed by atoms with Crippen LogP contribution in [0.1, 0.15) is 52.0 Å². The highest BCUT2D eigenvalue weighted by Crippen LogP contribution is 2.43. The van der Waals surface area contributed by atoms with Gasteiger partial charge in [-0.3, -0.25) is 9.78 Å². The standard InChI is InChI=1S/C21H18N4O/c1-14-6-2-3-8-19(14)25-20(15-9-10-15)17(13-24-25)21(26)16(12-22)18-7-4-5-11-23-18/h2-8,11,13,15-16H,9-10H2,1H3. The number of nitrogens with zero attached hydrogens (tertiary/aromatic N) is 4. The molecule has 5 nitrogen and oxygen atoms in total. The molecule has 128 valence electrons. The Labute approximate surface area is 151 Å². The third-order valence-corrected chi connectivity index (χ3v) is 4.75. The second kappa shape index (κ2) is 6.57. The van der Waals surface area contributed by atoms with Gasteiger partial charge in [-0.2, -0.15) is 10.4 Å². The third kappa shape index (κ3) is 2.80. The smallest absolute Gasteiger partial charge is 0.189 e. The average Bonchev–Trinajstić information content (AvgIpc) is 3.42. The minimum absolute atomic E-state index is 0.229. The van der Waals surface area contributed by atoms with E-state index in [0.29, 0.717) is 17.2 Å². The molecule has 0 amide bonds. The van der Waals surface area contributed by atoms with E-state index in [0.717, 1.165) is 29.8 Å². The second-order valence-corrected chi connectivity index (χ2v) is 6.60. The minimum Gasteiger partial charge on any atom is -0.292 e. The second-order valence-electron chi connectivity index (χ2n) is 6.60. The van der Waals surface area contributed by atoms with Crippen molar-refractivity contribution in [2.24, 2.45) is 0 Å². The highest BCUT2D eigenvalue weighted by molar-refractivity contribution is 6.03. The van der Waals surface area contributed by atoms with E-state index in [1.807, 2.05) is 35.9 Å². The van der Waals surface area contributed by atoms with Gasteiger partial charge in [0, 0.05) is 12.1 Å². The van der Waals surface area contributed by atoms with Crippen LogP contribution in [0.15, 0.2) is 54.9 Å². The summed E-state index contributed by atoms with van der Waals surface area (Å²) < 4.78 is 1.87. The first kappa shape index (κ1) is 16.2. The number of para-hydroxylation sites is 1. The first-order chi connectivity index (χ1) is 12.7. The molecule has 0 bridgehead atoms. The molecule has 1 aliphatic rings. The van der Waals surface area contributed by atoms with Crippen LogP contribution in [0.25, 0.3) is 5.69 Å². The number of carbonyl (C=O) groups excluding carboxylic acids is 1. The van der Waals surface area contributed by atoms with Crippen molar-refractivity contribution < 1.29 is 4.79 Å². The van der Waals surface area contributed by atoms with E-state index in [-0.39, 0.29) is 5.78 Å². The van der Waals surface area contributed by atoms with Crippen molar-refractivity contribution in [3.8, 4) is 11.8 Å². The van der Waals surface area contributed by atoms with Crippen molar-refractivity contribution in [3.63, 3.8) is 0 Å². The Hall–Kier alpha value is -3.26. The lowest BCUT2D eigenvalue weighted by molar-refractivity contribution is 0.0976. The third-order valence-electron chi connectivity index (χ3n) is 4.75. The van der Waals surface area contributed by atoms with Crippen LogP contribution in [0.2, 0.25) is 0 Å². The van der Waals surface area contributed by atoms with E-state index >= 15 is 0 Å². The zero-order chi connectivity index (χ0) is 18.1. The zero-order valence-corrected chi connectivity index (χ0v) is 14.5. The van der Waals surface area contributed by atoms with Gasteiger partial charge in [0.05, 0.1) is 34.9 Å². The summed E-state index contributed by atoms with van der Waals surface area (Å²) in [6, 6.07) is 15.4. The Morgan fingerprint density at radius 1 is 1.23 bits per heavy atom. The fraction of sp³-hybridized carbons (Fsp3) is 0.238. The van der Waals surface area contributed by atoms with Crippen molar-refractivity contribution in [2.45, 2.75) is 31.6 Å². The Morgan fingerprint density at radius 2 is 2.00 bits per heavy atom. The van der Waals surface area contributed by atoms with Crippen LogP contribution in [-0.4, -0.2) is 20.5 Å². The number of ketones is 1. The SMILES string of the molecule is Cc1ccccc1-n1ncc(C(=O)C(C#N)c2ccccn2)c1C1CC1. The number of hydrogen-bond acceptors (Lipinski definition) is 4. The molecule has 2 heterocycles. The van der Waals surface area contributed by atoms with Gasteiger partial charge in [0.1, 0.15) is 0 Å². The van der Waals surface area contributed by atoms with E-state index in [4.69, 9.17) is 0 Å². The molecule has 2 aromatic heterocycles. The summed E-state index contributed by atoms with van der Waals surface area (Å²) in [5.41, 5.74) is 4.00. The largest absolute Gasteiger partial charge is 0.292 e. The Balaban J connectivity index is 1.79. The molecular weight excluding hydrogens is 324 g/mol. The van der Waals surface area contributed by atoms with Crippen LogP contribution in [0.3, 0.4) is 0 Å². The van der Waals surface area contributed by atoms with Crippen LogP contribution in [0, 0.1) is 18.3 Å². The number of nitriles is 1. The lowest BCUT2D eigenvalue weighted by atomic mass is 9.94. The highest BCUT2D eigenvalue weighted by atomic mass is 16.1. The molecule has 1 saturated carbocycles. The molecule has 0 radical (unpaired) electrons. The van der Waals surface area contributed by atoms with Gasteiger partial charge in [-0.05, 0) is 43.5 Å². The molecular formula is C21H18N4O. The number of benzene rings is 1. The van der Waals surface area contributed by atoms with Gasteiger partial charge < -0.3 is 0 Å². The number of pyridine rings is 1. The molecule has 5 heteroatoms. The summed E-state index contributed by atoms with van der Waals surface area (Å²) in [5.74, 6) is -0.824. The summed E-state index contributed by atoms with van der Waals surface area (Å²) >= 11 is 0. The van der Waals surface area contributed by atoms with Gasteiger partial charge in [0.15, 0.2) is 11.7 Å². The first-order valence-electron chi connectivity index (χ1n) is 8.69. The first-order valence-corrected chi connectivity index (χ1v) is 8.69. The monoisotopic (exact) mass is 342 g/mol. The van der Waals surface area contributed by atoms with Crippen LogP contribution >= 0.6 is 0 Å². The van der Waals surface area contributed by atoms with Gasteiger partial charge in [-0.1, -0.05) is 24.3 Å². The molecule has 1 unspecified atom stereocenters. The number of aromatic nitrogens is 3. The number of rotatable bonds is 5. The van der Waals surface area contributed by atoms with Crippen molar-refractivity contribution >= 4 is 5.78 Å². The maximum atomic E-state index is 13.1. The van der Waals surface area contributed by atoms with Crippen molar-refractivity contribution in [1.82, 2.24) is 14.8 Å². The summed E-state index contributed by atoms with van der Waals surface area (Å²) in [6.07, 6.45) is 5.29. The summed E-state index contributed by atoms with van der Waals surface area (Å²) in [4.78, 5) is 17.3. The maximum absolute atomic E-state index is 13.1. The Kier molecular flexibility index (Phi) is 4.10.